The van der Waals surface area contributed by atoms with Crippen LogP contribution in [-0.2, 0) is 11.8 Å². The van der Waals surface area contributed by atoms with E-state index in [-0.39, 0.29) is 11.9 Å². The summed E-state index contributed by atoms with van der Waals surface area (Å²) in [7, 11) is 1.64. The van der Waals surface area contributed by atoms with Gasteiger partial charge in [0, 0.05) is 6.42 Å². The maximum Gasteiger partial charge on any atom is 0.270 e. The lowest BCUT2D eigenvalue weighted by Gasteiger charge is -2.08. The molecule has 0 spiro atoms. The minimum atomic E-state index is -0.0862. The second-order valence-corrected chi connectivity index (χ2v) is 3.87. The van der Waals surface area contributed by atoms with E-state index < -0.39 is 0 Å². The van der Waals surface area contributed by atoms with Gasteiger partial charge in [-0.3, -0.25) is 10.1 Å². The van der Waals surface area contributed by atoms with Gasteiger partial charge in [-0.05, 0) is 30.5 Å². The highest BCUT2D eigenvalue weighted by Crippen LogP contribution is 2.09. The lowest BCUT2D eigenvalue weighted by Crippen LogP contribution is -2.15. The van der Waals surface area contributed by atoms with E-state index in [1.165, 1.54) is 4.80 Å². The Morgan fingerprint density at radius 1 is 1.56 bits per heavy atom. The van der Waals surface area contributed by atoms with Gasteiger partial charge in [0.25, 0.3) is 5.95 Å². The summed E-state index contributed by atoms with van der Waals surface area (Å²) >= 11 is 0. The molecule has 0 bridgehead atoms. The standard InChI is InChI=1S/C9H18N6O/c1-7(5-6-10)3-4-8(16)11-9-12-14-15(2)13-9/h7H,3-6,10H2,1-2H3,(H,11,13,16). The first-order valence-corrected chi connectivity index (χ1v) is 5.35. The maximum absolute atomic E-state index is 11.5. The number of carbonyl (C=O) groups excluding carboxylic acids is 1. The normalized spacial score (nSPS) is 12.4. The fraction of sp³-hybridized carbons (Fsp3) is 0.778. The smallest absolute Gasteiger partial charge is 0.270 e. The molecule has 0 saturated heterocycles. The molecule has 0 saturated carbocycles. The van der Waals surface area contributed by atoms with E-state index >= 15 is 0 Å². The number of anilines is 1. The second kappa shape index (κ2) is 6.16. The van der Waals surface area contributed by atoms with E-state index in [0.717, 1.165) is 12.8 Å². The van der Waals surface area contributed by atoms with Crippen LogP contribution in [0.2, 0.25) is 0 Å². The number of nitrogens with two attached hydrogens (primary N) is 1. The zero-order valence-corrected chi connectivity index (χ0v) is 9.68. The van der Waals surface area contributed by atoms with Crippen molar-refractivity contribution in [1.82, 2.24) is 20.2 Å². The van der Waals surface area contributed by atoms with Crippen LogP contribution in [0.1, 0.15) is 26.2 Å². The number of nitrogens with one attached hydrogen (secondary N) is 1. The van der Waals surface area contributed by atoms with E-state index in [4.69, 9.17) is 5.73 Å². The van der Waals surface area contributed by atoms with E-state index in [9.17, 15) is 4.79 Å². The van der Waals surface area contributed by atoms with Crippen LogP contribution in [0.15, 0.2) is 0 Å². The Bertz CT molecular complexity index is 336. The van der Waals surface area contributed by atoms with Crippen LogP contribution in [-0.4, -0.2) is 32.7 Å². The highest BCUT2D eigenvalue weighted by molar-refractivity contribution is 5.88. The van der Waals surface area contributed by atoms with Crippen molar-refractivity contribution in [2.45, 2.75) is 26.2 Å². The van der Waals surface area contributed by atoms with Crippen LogP contribution < -0.4 is 11.1 Å². The molecule has 1 atom stereocenters. The average molecular weight is 226 g/mol. The van der Waals surface area contributed by atoms with Crippen LogP contribution in [0.3, 0.4) is 0 Å². The Kier molecular flexibility index (Phi) is 4.84. The molecular weight excluding hydrogens is 208 g/mol. The molecule has 0 fully saturated rings. The van der Waals surface area contributed by atoms with Gasteiger partial charge in [0.05, 0.1) is 7.05 Å². The van der Waals surface area contributed by atoms with Gasteiger partial charge in [-0.1, -0.05) is 12.0 Å². The lowest BCUT2D eigenvalue weighted by atomic mass is 10.0. The van der Waals surface area contributed by atoms with Gasteiger partial charge in [0.1, 0.15) is 0 Å². The minimum absolute atomic E-state index is 0.0862. The summed E-state index contributed by atoms with van der Waals surface area (Å²) in [5.41, 5.74) is 5.43. The van der Waals surface area contributed by atoms with E-state index in [0.29, 0.717) is 18.9 Å². The summed E-state index contributed by atoms with van der Waals surface area (Å²) in [4.78, 5) is 12.8. The first-order valence-electron chi connectivity index (χ1n) is 5.35. The predicted octanol–water partition coefficient (Wildman–Crippen LogP) is -0.0863. The third-order valence-corrected chi connectivity index (χ3v) is 2.28. The summed E-state index contributed by atoms with van der Waals surface area (Å²) in [6.07, 6.45) is 2.22. The number of rotatable bonds is 6. The highest BCUT2D eigenvalue weighted by Gasteiger charge is 2.08. The molecule has 0 aliphatic rings. The summed E-state index contributed by atoms with van der Waals surface area (Å²) < 4.78 is 0. The first kappa shape index (κ1) is 12.6. The number of tetrazole rings is 1. The summed E-state index contributed by atoms with van der Waals surface area (Å²) in [5.74, 6) is 0.626. The lowest BCUT2D eigenvalue weighted by molar-refractivity contribution is -0.116. The Balaban J connectivity index is 2.26. The molecule has 90 valence electrons. The summed E-state index contributed by atoms with van der Waals surface area (Å²) in [6, 6.07) is 0. The van der Waals surface area contributed by atoms with Gasteiger partial charge < -0.3 is 5.73 Å². The predicted molar refractivity (Wildman–Crippen MR) is 59.5 cm³/mol. The Morgan fingerprint density at radius 3 is 2.88 bits per heavy atom. The van der Waals surface area contributed by atoms with Crippen LogP contribution in [0, 0.1) is 5.92 Å². The fourth-order valence-corrected chi connectivity index (χ4v) is 1.33. The molecule has 0 aliphatic heterocycles. The van der Waals surface area contributed by atoms with E-state index in [1.54, 1.807) is 7.05 Å². The van der Waals surface area contributed by atoms with Crippen molar-refractivity contribution in [1.29, 1.82) is 0 Å². The molecule has 0 aliphatic carbocycles. The molecule has 0 aromatic carbocycles. The number of aromatic nitrogens is 4. The Morgan fingerprint density at radius 2 is 2.31 bits per heavy atom. The quantitative estimate of drug-likeness (QED) is 0.706. The molecule has 16 heavy (non-hydrogen) atoms. The van der Waals surface area contributed by atoms with Crippen molar-refractivity contribution in [2.24, 2.45) is 18.7 Å². The zero-order chi connectivity index (χ0) is 12.0. The molecule has 1 rings (SSSR count). The Hall–Kier alpha value is -1.50. The SMILES string of the molecule is CC(CCN)CCC(=O)Nc1nnn(C)n1. The third kappa shape index (κ3) is 4.35. The number of carbonyl (C=O) groups is 1. The number of amides is 1. The van der Waals surface area contributed by atoms with Crippen LogP contribution >= 0.6 is 0 Å². The molecule has 7 heteroatoms. The Labute approximate surface area is 94.4 Å². The molecular formula is C9H18N6O. The molecule has 0 radical (unpaired) electrons. The van der Waals surface area contributed by atoms with Gasteiger partial charge in [0.15, 0.2) is 0 Å². The van der Waals surface area contributed by atoms with Crippen molar-refractivity contribution in [2.75, 3.05) is 11.9 Å². The topological polar surface area (TPSA) is 98.7 Å². The van der Waals surface area contributed by atoms with Gasteiger partial charge in [0.2, 0.25) is 5.91 Å². The van der Waals surface area contributed by atoms with Crippen LogP contribution in [0.4, 0.5) is 5.95 Å². The van der Waals surface area contributed by atoms with Gasteiger partial charge >= 0.3 is 0 Å². The number of hydrogen-bond donors (Lipinski definition) is 2. The van der Waals surface area contributed by atoms with Crippen molar-refractivity contribution < 1.29 is 4.79 Å². The maximum atomic E-state index is 11.5. The van der Waals surface area contributed by atoms with E-state index in [2.05, 4.69) is 27.7 Å². The first-order chi connectivity index (χ1) is 7.61. The van der Waals surface area contributed by atoms with Crippen molar-refractivity contribution in [3.05, 3.63) is 0 Å². The second-order valence-electron chi connectivity index (χ2n) is 3.87. The van der Waals surface area contributed by atoms with Crippen LogP contribution in [0.25, 0.3) is 0 Å². The molecule has 1 unspecified atom stereocenters. The number of aryl methyl sites for hydroxylation is 1. The molecule has 1 aromatic heterocycles. The van der Waals surface area contributed by atoms with Crippen LogP contribution in [0.5, 0.6) is 0 Å². The third-order valence-electron chi connectivity index (χ3n) is 2.28. The van der Waals surface area contributed by atoms with E-state index in [1.807, 2.05) is 0 Å². The monoisotopic (exact) mass is 226 g/mol. The van der Waals surface area contributed by atoms with Gasteiger partial charge in [-0.2, -0.15) is 4.80 Å². The van der Waals surface area contributed by atoms with Crippen molar-refractivity contribution >= 4 is 11.9 Å². The zero-order valence-electron chi connectivity index (χ0n) is 9.68. The average Bonchev–Trinajstić information content (AvgIpc) is 2.61. The molecule has 1 amide bonds. The fourth-order valence-electron chi connectivity index (χ4n) is 1.33. The van der Waals surface area contributed by atoms with Gasteiger partial charge in [-0.15, -0.1) is 5.10 Å². The number of nitrogens with zero attached hydrogens (tertiary/aromatic N) is 4. The molecule has 1 aromatic rings. The molecule has 1 heterocycles. The van der Waals surface area contributed by atoms with Gasteiger partial charge in [-0.25, -0.2) is 0 Å². The summed E-state index contributed by atoms with van der Waals surface area (Å²) in [5, 5.41) is 13.7. The summed E-state index contributed by atoms with van der Waals surface area (Å²) in [6.45, 7) is 2.75. The van der Waals surface area contributed by atoms with Crippen molar-refractivity contribution in [3.8, 4) is 0 Å². The molecule has 7 nitrogen and oxygen atoms in total. The highest BCUT2D eigenvalue weighted by atomic mass is 16.1. The van der Waals surface area contributed by atoms with Crippen molar-refractivity contribution in [3.63, 3.8) is 0 Å². The number of hydrogen-bond acceptors (Lipinski definition) is 5. The molecule has 3 N–H and O–H groups in total. The minimum Gasteiger partial charge on any atom is -0.330 e. The largest absolute Gasteiger partial charge is 0.330 e.